The molecule has 126 valence electrons. The van der Waals surface area contributed by atoms with E-state index in [0.29, 0.717) is 6.54 Å². The van der Waals surface area contributed by atoms with Crippen LogP contribution in [-0.4, -0.2) is 44.3 Å². The van der Waals surface area contributed by atoms with Gasteiger partial charge in [-0.3, -0.25) is 14.7 Å². The number of aromatic nitrogens is 2. The summed E-state index contributed by atoms with van der Waals surface area (Å²) in [5, 5.41) is 3.11. The minimum Gasteiger partial charge on any atom is -0.335 e. The summed E-state index contributed by atoms with van der Waals surface area (Å²) in [4.78, 5) is 26.5. The molecule has 0 saturated carbocycles. The Kier molecular flexibility index (Phi) is 4.33. The van der Waals surface area contributed by atoms with Crippen molar-refractivity contribution >= 4 is 17.2 Å². The van der Waals surface area contributed by atoms with Gasteiger partial charge in [-0.2, -0.15) is 0 Å². The molecule has 2 fully saturated rings. The third-order valence-electron chi connectivity index (χ3n) is 5.22. The summed E-state index contributed by atoms with van der Waals surface area (Å²) in [6, 6.07) is 5.89. The lowest BCUT2D eigenvalue weighted by atomic mass is 9.85. The van der Waals surface area contributed by atoms with Gasteiger partial charge in [-0.05, 0) is 44.4 Å². The van der Waals surface area contributed by atoms with Crippen molar-refractivity contribution in [2.45, 2.75) is 44.3 Å². The van der Waals surface area contributed by atoms with Crippen LogP contribution in [0.4, 0.5) is 0 Å². The van der Waals surface area contributed by atoms with Crippen LogP contribution >= 0.6 is 11.3 Å². The van der Waals surface area contributed by atoms with Gasteiger partial charge in [-0.15, -0.1) is 11.3 Å². The van der Waals surface area contributed by atoms with Crippen LogP contribution < -0.4 is 0 Å². The first-order valence-electron chi connectivity index (χ1n) is 8.61. The third kappa shape index (κ3) is 2.84. The number of piperidine rings is 1. The molecule has 4 rings (SSSR count). The molecule has 24 heavy (non-hydrogen) atoms. The number of pyridine rings is 1. The molecule has 0 N–H and O–H groups in total. The topological polar surface area (TPSA) is 49.3 Å². The highest BCUT2D eigenvalue weighted by atomic mass is 32.1. The Bertz CT molecular complexity index is 690. The van der Waals surface area contributed by atoms with Crippen molar-refractivity contribution in [2.24, 2.45) is 0 Å². The number of likely N-dealkylation sites (tertiary alicyclic amines) is 2. The quantitative estimate of drug-likeness (QED) is 0.857. The SMILES string of the molecule is O=C1N(Cc2ccccn2)CCCC12CCCN2Cc1nccs1. The number of hydrogen-bond donors (Lipinski definition) is 0. The second-order valence-corrected chi connectivity index (χ2v) is 7.61. The number of amides is 1. The van der Waals surface area contributed by atoms with E-state index in [1.807, 2.05) is 34.7 Å². The fourth-order valence-corrected chi connectivity index (χ4v) is 4.72. The molecule has 2 saturated heterocycles. The fourth-order valence-electron chi connectivity index (χ4n) is 4.09. The Morgan fingerprint density at radius 3 is 2.71 bits per heavy atom. The predicted octanol–water partition coefficient (Wildman–Crippen LogP) is 2.70. The van der Waals surface area contributed by atoms with Gasteiger partial charge in [0, 0.05) is 24.3 Å². The third-order valence-corrected chi connectivity index (χ3v) is 5.98. The standard InChI is InChI=1S/C18H22N4OS/c23-17-18(7-4-11-22(18)14-16-20-9-12-24-16)6-3-10-21(17)13-15-5-1-2-8-19-15/h1-2,5,8-9,12H,3-4,6-7,10-11,13-14H2. The number of rotatable bonds is 4. The lowest BCUT2D eigenvalue weighted by molar-refractivity contribution is -0.148. The molecule has 1 atom stereocenters. The van der Waals surface area contributed by atoms with Crippen LogP contribution in [0.2, 0.25) is 0 Å². The molecule has 4 heterocycles. The molecule has 2 aromatic heterocycles. The Labute approximate surface area is 146 Å². The normalized spacial score (nSPS) is 24.8. The van der Waals surface area contributed by atoms with Gasteiger partial charge < -0.3 is 4.90 Å². The van der Waals surface area contributed by atoms with Crippen LogP contribution in [0.5, 0.6) is 0 Å². The average Bonchev–Trinajstić information content (AvgIpc) is 3.25. The van der Waals surface area contributed by atoms with Crippen molar-refractivity contribution < 1.29 is 4.79 Å². The smallest absolute Gasteiger partial charge is 0.243 e. The minimum absolute atomic E-state index is 0.286. The molecule has 6 heteroatoms. The van der Waals surface area contributed by atoms with E-state index in [-0.39, 0.29) is 11.4 Å². The monoisotopic (exact) mass is 342 g/mol. The summed E-state index contributed by atoms with van der Waals surface area (Å²) in [7, 11) is 0. The maximum atomic E-state index is 13.3. The lowest BCUT2D eigenvalue weighted by Crippen LogP contribution is -2.59. The van der Waals surface area contributed by atoms with Gasteiger partial charge in [-0.1, -0.05) is 6.07 Å². The molecule has 2 aliphatic heterocycles. The molecule has 1 amide bonds. The summed E-state index contributed by atoms with van der Waals surface area (Å²) in [5.41, 5.74) is 0.644. The summed E-state index contributed by atoms with van der Waals surface area (Å²) in [6.45, 7) is 3.23. The Morgan fingerprint density at radius 2 is 1.96 bits per heavy atom. The van der Waals surface area contributed by atoms with Crippen LogP contribution in [-0.2, 0) is 17.9 Å². The molecule has 0 bridgehead atoms. The van der Waals surface area contributed by atoms with Crippen molar-refractivity contribution in [2.75, 3.05) is 13.1 Å². The minimum atomic E-state index is -0.321. The first-order valence-corrected chi connectivity index (χ1v) is 9.49. The summed E-state index contributed by atoms with van der Waals surface area (Å²) < 4.78 is 0. The van der Waals surface area contributed by atoms with Crippen molar-refractivity contribution in [3.63, 3.8) is 0 Å². The Hall–Kier alpha value is -1.79. The zero-order chi connectivity index (χ0) is 16.4. The molecular formula is C18H22N4OS. The van der Waals surface area contributed by atoms with Crippen molar-refractivity contribution in [3.05, 3.63) is 46.7 Å². The fraction of sp³-hybridized carbons (Fsp3) is 0.500. The summed E-state index contributed by atoms with van der Waals surface area (Å²) in [5.74, 6) is 0.286. The zero-order valence-electron chi connectivity index (χ0n) is 13.7. The van der Waals surface area contributed by atoms with Crippen molar-refractivity contribution in [3.8, 4) is 0 Å². The lowest BCUT2D eigenvalue weighted by Gasteiger charge is -2.44. The largest absolute Gasteiger partial charge is 0.335 e. The molecule has 1 spiro atoms. The highest BCUT2D eigenvalue weighted by Crippen LogP contribution is 2.39. The van der Waals surface area contributed by atoms with E-state index in [4.69, 9.17) is 0 Å². The van der Waals surface area contributed by atoms with Crippen LogP contribution in [0.15, 0.2) is 36.0 Å². The van der Waals surface area contributed by atoms with E-state index in [1.54, 1.807) is 17.5 Å². The van der Waals surface area contributed by atoms with Gasteiger partial charge in [0.15, 0.2) is 0 Å². The Balaban J connectivity index is 1.54. The van der Waals surface area contributed by atoms with Crippen LogP contribution in [0.1, 0.15) is 36.4 Å². The second-order valence-electron chi connectivity index (χ2n) is 6.63. The summed E-state index contributed by atoms with van der Waals surface area (Å²) in [6.07, 6.45) is 7.73. The molecular weight excluding hydrogens is 320 g/mol. The van der Waals surface area contributed by atoms with Gasteiger partial charge in [0.25, 0.3) is 0 Å². The highest BCUT2D eigenvalue weighted by molar-refractivity contribution is 7.09. The van der Waals surface area contributed by atoms with Gasteiger partial charge in [0.2, 0.25) is 5.91 Å². The van der Waals surface area contributed by atoms with E-state index >= 15 is 0 Å². The molecule has 1 unspecified atom stereocenters. The predicted molar refractivity (Wildman–Crippen MR) is 93.4 cm³/mol. The van der Waals surface area contributed by atoms with Gasteiger partial charge in [0.1, 0.15) is 10.5 Å². The maximum absolute atomic E-state index is 13.3. The zero-order valence-corrected chi connectivity index (χ0v) is 14.5. The maximum Gasteiger partial charge on any atom is 0.243 e. The van der Waals surface area contributed by atoms with Crippen molar-refractivity contribution in [1.29, 1.82) is 0 Å². The first-order chi connectivity index (χ1) is 11.8. The Morgan fingerprint density at radius 1 is 1.08 bits per heavy atom. The molecule has 2 aliphatic rings. The van der Waals surface area contributed by atoms with Crippen molar-refractivity contribution in [1.82, 2.24) is 19.8 Å². The van der Waals surface area contributed by atoms with E-state index in [0.717, 1.165) is 56.0 Å². The van der Waals surface area contributed by atoms with E-state index in [1.165, 1.54) is 0 Å². The van der Waals surface area contributed by atoms with Gasteiger partial charge in [-0.25, -0.2) is 4.98 Å². The average molecular weight is 342 g/mol. The second kappa shape index (κ2) is 6.61. The number of carbonyl (C=O) groups excluding carboxylic acids is 1. The van der Waals surface area contributed by atoms with Gasteiger partial charge in [0.05, 0.1) is 18.8 Å². The molecule has 2 aromatic rings. The number of hydrogen-bond acceptors (Lipinski definition) is 5. The van der Waals surface area contributed by atoms with Crippen LogP contribution in [0.25, 0.3) is 0 Å². The van der Waals surface area contributed by atoms with E-state index in [2.05, 4.69) is 14.9 Å². The number of carbonyl (C=O) groups is 1. The molecule has 0 aromatic carbocycles. The van der Waals surface area contributed by atoms with Crippen LogP contribution in [0, 0.1) is 0 Å². The highest BCUT2D eigenvalue weighted by Gasteiger charge is 2.50. The van der Waals surface area contributed by atoms with Gasteiger partial charge >= 0.3 is 0 Å². The first kappa shape index (κ1) is 15.7. The van der Waals surface area contributed by atoms with E-state index < -0.39 is 0 Å². The van der Waals surface area contributed by atoms with E-state index in [9.17, 15) is 4.79 Å². The molecule has 5 nitrogen and oxygen atoms in total. The van der Waals surface area contributed by atoms with Crippen LogP contribution in [0.3, 0.4) is 0 Å². The number of thiazole rings is 1. The number of nitrogens with zero attached hydrogens (tertiary/aromatic N) is 4. The molecule has 0 radical (unpaired) electrons. The molecule has 0 aliphatic carbocycles. The summed E-state index contributed by atoms with van der Waals surface area (Å²) >= 11 is 1.67.